The summed E-state index contributed by atoms with van der Waals surface area (Å²) in [5.74, 6) is -2.45. The smallest absolute Gasteiger partial charge is 0.336 e. The van der Waals surface area contributed by atoms with Crippen molar-refractivity contribution in [3.05, 3.63) is 65.7 Å². The first-order chi connectivity index (χ1) is 11.5. The summed E-state index contributed by atoms with van der Waals surface area (Å²) >= 11 is 0. The molecule has 122 valence electrons. The molecule has 0 aromatic heterocycles. The predicted octanol–water partition coefficient (Wildman–Crippen LogP) is 3.04. The van der Waals surface area contributed by atoms with E-state index in [0.717, 1.165) is 30.4 Å². The second-order valence-electron chi connectivity index (χ2n) is 4.76. The van der Waals surface area contributed by atoms with E-state index in [-0.39, 0.29) is 18.1 Å². The predicted molar refractivity (Wildman–Crippen MR) is 78.0 cm³/mol. The third kappa shape index (κ3) is 3.40. The molecular weight excluding hydrogens is 322 g/mol. The lowest BCUT2D eigenvalue weighted by Gasteiger charge is -2.02. The molecule has 0 unspecified atom stereocenters. The van der Waals surface area contributed by atoms with E-state index in [1.54, 1.807) is 6.07 Å². The topological polar surface area (TPSA) is 61.8 Å². The molecule has 2 aromatic carbocycles. The number of carbonyl (C=O) groups is 2. The number of rotatable bonds is 4. The number of carbonyl (C=O) groups excluding carboxylic acids is 2. The number of fused-ring (bicyclic) bond motifs is 1. The average Bonchev–Trinajstić information content (AvgIpc) is 3.03. The highest BCUT2D eigenvalue weighted by molar-refractivity contribution is 6.07. The molecule has 0 fully saturated rings. The van der Waals surface area contributed by atoms with Crippen molar-refractivity contribution in [2.24, 2.45) is 0 Å². The molecule has 0 N–H and O–H groups in total. The van der Waals surface area contributed by atoms with Gasteiger partial charge in [-0.05, 0) is 36.4 Å². The summed E-state index contributed by atoms with van der Waals surface area (Å²) in [6.07, 6.45) is 1.82. The minimum atomic E-state index is -1.14. The fourth-order valence-corrected chi connectivity index (χ4v) is 1.98. The minimum Gasteiger partial charge on any atom is -0.454 e. The van der Waals surface area contributed by atoms with Gasteiger partial charge in [0.15, 0.2) is 28.9 Å². The van der Waals surface area contributed by atoms with Crippen molar-refractivity contribution in [2.45, 2.75) is 0 Å². The lowest BCUT2D eigenvalue weighted by Crippen LogP contribution is -2.05. The van der Waals surface area contributed by atoms with Crippen molar-refractivity contribution >= 4 is 11.8 Å². The molecule has 0 saturated carbocycles. The first kappa shape index (κ1) is 15.7. The Morgan fingerprint density at radius 2 is 1.75 bits per heavy atom. The van der Waals surface area contributed by atoms with Gasteiger partial charge in [0.05, 0.1) is 0 Å². The number of allylic oxidation sites excluding steroid dienone is 1. The average molecular weight is 332 g/mol. The van der Waals surface area contributed by atoms with Gasteiger partial charge in [0.25, 0.3) is 0 Å². The molecule has 0 bridgehead atoms. The van der Waals surface area contributed by atoms with Gasteiger partial charge in [0.2, 0.25) is 6.79 Å². The molecule has 0 spiro atoms. The van der Waals surface area contributed by atoms with Crippen molar-refractivity contribution in [2.75, 3.05) is 6.79 Å². The molecule has 0 atom stereocenters. The monoisotopic (exact) mass is 332 g/mol. The maximum atomic E-state index is 13.1. The van der Waals surface area contributed by atoms with Crippen molar-refractivity contribution in [3.63, 3.8) is 0 Å². The van der Waals surface area contributed by atoms with Crippen molar-refractivity contribution in [1.29, 1.82) is 0 Å². The third-order valence-corrected chi connectivity index (χ3v) is 3.14. The number of ether oxygens (including phenoxy) is 3. The van der Waals surface area contributed by atoms with Crippen molar-refractivity contribution < 1.29 is 32.6 Å². The molecule has 1 heterocycles. The van der Waals surface area contributed by atoms with Gasteiger partial charge in [-0.3, -0.25) is 4.79 Å². The fraction of sp³-hybridized carbons (Fsp3) is 0.0588. The number of ketones is 1. The van der Waals surface area contributed by atoms with Gasteiger partial charge in [0.1, 0.15) is 5.75 Å². The van der Waals surface area contributed by atoms with Crippen LogP contribution in [-0.4, -0.2) is 18.5 Å². The standard InChI is InChI=1S/C17H10F2O5/c18-12-3-1-10(7-13(12)19)14(20)4-6-17(21)24-11-2-5-15-16(8-11)23-9-22-15/h1-8H,9H2/b6-4+. The Balaban J connectivity index is 1.64. The van der Waals surface area contributed by atoms with E-state index in [4.69, 9.17) is 14.2 Å². The van der Waals surface area contributed by atoms with Crippen LogP contribution >= 0.6 is 0 Å². The van der Waals surface area contributed by atoms with Crippen LogP contribution in [0.15, 0.2) is 48.6 Å². The van der Waals surface area contributed by atoms with E-state index in [0.29, 0.717) is 11.5 Å². The zero-order valence-electron chi connectivity index (χ0n) is 12.1. The molecule has 1 aliphatic heterocycles. The molecule has 0 radical (unpaired) electrons. The molecule has 0 aliphatic carbocycles. The molecule has 0 amide bonds. The number of hydrogen-bond donors (Lipinski definition) is 0. The lowest BCUT2D eigenvalue weighted by molar-refractivity contribution is -0.129. The number of hydrogen-bond acceptors (Lipinski definition) is 5. The second kappa shape index (κ2) is 6.49. The molecule has 1 aliphatic rings. The van der Waals surface area contributed by atoms with E-state index < -0.39 is 23.4 Å². The summed E-state index contributed by atoms with van der Waals surface area (Å²) in [7, 11) is 0. The Bertz CT molecular complexity index is 845. The van der Waals surface area contributed by atoms with Crippen LogP contribution in [0.2, 0.25) is 0 Å². The highest BCUT2D eigenvalue weighted by Gasteiger charge is 2.15. The van der Waals surface area contributed by atoms with Crippen molar-refractivity contribution in [1.82, 2.24) is 0 Å². The molecule has 2 aromatic rings. The number of esters is 1. The van der Waals surface area contributed by atoms with Crippen molar-refractivity contribution in [3.8, 4) is 17.2 Å². The summed E-state index contributed by atoms with van der Waals surface area (Å²) in [5, 5.41) is 0. The van der Waals surface area contributed by atoms with Gasteiger partial charge in [-0.15, -0.1) is 0 Å². The maximum Gasteiger partial charge on any atom is 0.336 e. The fourth-order valence-electron chi connectivity index (χ4n) is 1.98. The molecule has 7 heteroatoms. The van der Waals surface area contributed by atoms with Gasteiger partial charge in [-0.2, -0.15) is 0 Å². The van der Waals surface area contributed by atoms with E-state index in [1.807, 2.05) is 0 Å². The maximum absolute atomic E-state index is 13.1. The van der Waals surface area contributed by atoms with Crippen LogP contribution in [0.4, 0.5) is 8.78 Å². The normalized spacial score (nSPS) is 12.4. The second-order valence-corrected chi connectivity index (χ2v) is 4.76. The highest BCUT2D eigenvalue weighted by Crippen LogP contribution is 2.35. The Morgan fingerprint density at radius 1 is 0.958 bits per heavy atom. The summed E-state index contributed by atoms with van der Waals surface area (Å²) in [6.45, 7) is 0.0926. The molecule has 5 nitrogen and oxygen atoms in total. The Hall–Kier alpha value is -3.22. The molecule has 0 saturated heterocycles. The summed E-state index contributed by atoms with van der Waals surface area (Å²) in [4.78, 5) is 23.5. The quantitative estimate of drug-likeness (QED) is 0.373. The molecular formula is C17H10F2O5. The first-order valence-corrected chi connectivity index (χ1v) is 6.82. The van der Waals surface area contributed by atoms with Gasteiger partial charge < -0.3 is 14.2 Å². The lowest BCUT2D eigenvalue weighted by atomic mass is 10.1. The first-order valence-electron chi connectivity index (χ1n) is 6.82. The van der Waals surface area contributed by atoms with Crippen LogP contribution in [-0.2, 0) is 4.79 Å². The molecule has 3 rings (SSSR count). The van der Waals surface area contributed by atoms with Gasteiger partial charge >= 0.3 is 5.97 Å². The zero-order valence-corrected chi connectivity index (χ0v) is 12.1. The van der Waals surface area contributed by atoms with Crippen LogP contribution in [0, 0.1) is 11.6 Å². The number of halogens is 2. The van der Waals surface area contributed by atoms with Gasteiger partial charge in [0, 0.05) is 17.7 Å². The summed E-state index contributed by atoms with van der Waals surface area (Å²) < 4.78 is 41.2. The van der Waals surface area contributed by atoms with Crippen LogP contribution in [0.1, 0.15) is 10.4 Å². The van der Waals surface area contributed by atoms with Gasteiger partial charge in [-0.1, -0.05) is 0 Å². The van der Waals surface area contributed by atoms with E-state index in [9.17, 15) is 18.4 Å². The Morgan fingerprint density at radius 3 is 2.54 bits per heavy atom. The van der Waals surface area contributed by atoms with Crippen LogP contribution in [0.25, 0.3) is 0 Å². The van der Waals surface area contributed by atoms with Crippen LogP contribution in [0.3, 0.4) is 0 Å². The summed E-state index contributed by atoms with van der Waals surface area (Å²) in [5.41, 5.74) is -0.0824. The third-order valence-electron chi connectivity index (χ3n) is 3.14. The Labute approximate surface area is 135 Å². The van der Waals surface area contributed by atoms with E-state index >= 15 is 0 Å². The van der Waals surface area contributed by atoms with Crippen LogP contribution < -0.4 is 14.2 Å². The van der Waals surface area contributed by atoms with Gasteiger partial charge in [-0.25, -0.2) is 13.6 Å². The highest BCUT2D eigenvalue weighted by atomic mass is 19.2. The largest absolute Gasteiger partial charge is 0.454 e. The van der Waals surface area contributed by atoms with Crippen LogP contribution in [0.5, 0.6) is 17.2 Å². The Kier molecular flexibility index (Phi) is 4.24. The number of benzene rings is 2. The van der Waals surface area contributed by atoms with E-state index in [1.165, 1.54) is 12.1 Å². The zero-order chi connectivity index (χ0) is 17.1. The SMILES string of the molecule is O=C(/C=C/C(=O)c1ccc(F)c(F)c1)Oc1ccc2c(c1)OCO2. The summed E-state index contributed by atoms with van der Waals surface area (Å²) in [6, 6.07) is 7.28. The van der Waals surface area contributed by atoms with E-state index in [2.05, 4.69) is 0 Å². The minimum absolute atomic E-state index is 0.0824. The molecule has 24 heavy (non-hydrogen) atoms.